The number of amides is 2. The molecule has 0 radical (unpaired) electrons. The molecule has 0 fully saturated rings. The normalized spacial score (nSPS) is 10.4. The number of aryl methyl sites for hydroxylation is 1. The highest BCUT2D eigenvalue weighted by Crippen LogP contribution is 2.22. The second-order valence-electron chi connectivity index (χ2n) is 6.19. The summed E-state index contributed by atoms with van der Waals surface area (Å²) in [7, 11) is 0. The van der Waals surface area contributed by atoms with Crippen LogP contribution >= 0.6 is 34.4 Å². The van der Waals surface area contributed by atoms with E-state index in [1.165, 1.54) is 11.8 Å². The zero-order valence-electron chi connectivity index (χ0n) is 15.2. The minimum atomic E-state index is -0.154. The Morgan fingerprint density at radius 1 is 0.893 bits per heavy atom. The van der Waals surface area contributed by atoms with Crippen molar-refractivity contribution >= 4 is 57.5 Å². The average Bonchev–Trinajstić information content (AvgIpc) is 2.69. The molecule has 0 atom stereocenters. The van der Waals surface area contributed by atoms with Gasteiger partial charge >= 0.3 is 0 Å². The molecule has 3 aromatic carbocycles. The largest absolute Gasteiger partial charge is 0.325 e. The van der Waals surface area contributed by atoms with Crippen molar-refractivity contribution < 1.29 is 9.59 Å². The predicted octanol–water partition coefficient (Wildman–Crippen LogP) is 5.58. The van der Waals surface area contributed by atoms with Crippen molar-refractivity contribution in [2.45, 2.75) is 11.8 Å². The number of carbonyl (C=O) groups excluding carboxylic acids is 2. The molecule has 0 heterocycles. The van der Waals surface area contributed by atoms with Crippen molar-refractivity contribution in [2.75, 3.05) is 16.4 Å². The molecule has 0 unspecified atom stereocenters. The zero-order valence-corrected chi connectivity index (χ0v) is 18.2. The number of anilines is 2. The first kappa shape index (κ1) is 20.4. The number of hydrogen-bond acceptors (Lipinski definition) is 3. The lowest BCUT2D eigenvalue weighted by molar-refractivity contribution is -0.113. The van der Waals surface area contributed by atoms with Crippen LogP contribution in [0.25, 0.3) is 0 Å². The quantitative estimate of drug-likeness (QED) is 0.342. The lowest BCUT2D eigenvalue weighted by Crippen LogP contribution is -2.14. The lowest BCUT2D eigenvalue weighted by Gasteiger charge is -2.08. The van der Waals surface area contributed by atoms with Gasteiger partial charge < -0.3 is 10.6 Å². The van der Waals surface area contributed by atoms with Gasteiger partial charge in [0, 0.05) is 25.4 Å². The van der Waals surface area contributed by atoms with Gasteiger partial charge in [-0.3, -0.25) is 9.59 Å². The maximum atomic E-state index is 12.3. The molecule has 28 heavy (non-hydrogen) atoms. The van der Waals surface area contributed by atoms with Crippen LogP contribution in [-0.4, -0.2) is 17.6 Å². The molecule has 3 rings (SSSR count). The summed E-state index contributed by atoms with van der Waals surface area (Å²) in [6, 6.07) is 22.6. The fourth-order valence-electron chi connectivity index (χ4n) is 2.45. The Morgan fingerprint density at radius 3 is 2.32 bits per heavy atom. The van der Waals surface area contributed by atoms with E-state index < -0.39 is 0 Å². The third-order valence-electron chi connectivity index (χ3n) is 3.90. The maximum Gasteiger partial charge on any atom is 0.255 e. The molecule has 0 aliphatic rings. The molecule has 0 bridgehead atoms. The number of halogens is 1. The van der Waals surface area contributed by atoms with Crippen molar-refractivity contribution in [3.63, 3.8) is 0 Å². The molecule has 0 aromatic heterocycles. The number of nitrogens with one attached hydrogen (secondary N) is 2. The van der Waals surface area contributed by atoms with Gasteiger partial charge in [-0.15, -0.1) is 11.8 Å². The minimum Gasteiger partial charge on any atom is -0.325 e. The molecule has 142 valence electrons. The summed E-state index contributed by atoms with van der Waals surface area (Å²) >= 11 is 3.65. The Kier molecular flexibility index (Phi) is 7.11. The summed E-state index contributed by atoms with van der Waals surface area (Å²) in [5.74, 6) is 0.0698. The van der Waals surface area contributed by atoms with Gasteiger partial charge in [-0.25, -0.2) is 0 Å². The summed E-state index contributed by atoms with van der Waals surface area (Å²) in [6.45, 7) is 1.98. The Hall–Kier alpha value is -2.32. The van der Waals surface area contributed by atoms with Crippen molar-refractivity contribution in [1.29, 1.82) is 0 Å². The summed E-state index contributed by atoms with van der Waals surface area (Å²) in [5.41, 5.74) is 3.21. The van der Waals surface area contributed by atoms with Gasteiger partial charge in [-0.05, 0) is 84.1 Å². The molecule has 6 heteroatoms. The second kappa shape index (κ2) is 9.75. The van der Waals surface area contributed by atoms with E-state index in [9.17, 15) is 9.59 Å². The molecule has 0 saturated carbocycles. The number of benzene rings is 3. The highest BCUT2D eigenvalue weighted by Gasteiger charge is 2.08. The standard InChI is InChI=1S/C22H19IN2O2S/c1-15-5-7-16(8-6-15)22(27)25-19-3-2-4-20(13-19)28-14-21(26)24-18-11-9-17(23)10-12-18/h2-13H,14H2,1H3,(H,24,26)(H,25,27). The smallest absolute Gasteiger partial charge is 0.255 e. The summed E-state index contributed by atoms with van der Waals surface area (Å²) in [6.07, 6.45) is 0. The first-order valence-electron chi connectivity index (χ1n) is 8.66. The average molecular weight is 502 g/mol. The predicted molar refractivity (Wildman–Crippen MR) is 124 cm³/mol. The van der Waals surface area contributed by atoms with Crippen LogP contribution < -0.4 is 10.6 Å². The van der Waals surface area contributed by atoms with Gasteiger partial charge in [0.1, 0.15) is 0 Å². The fraction of sp³-hybridized carbons (Fsp3) is 0.0909. The number of carbonyl (C=O) groups is 2. The first-order valence-corrected chi connectivity index (χ1v) is 10.7. The molecule has 0 aliphatic heterocycles. The van der Waals surface area contributed by atoms with Gasteiger partial charge in [0.05, 0.1) is 5.75 Å². The first-order chi connectivity index (χ1) is 13.5. The Morgan fingerprint density at radius 2 is 1.61 bits per heavy atom. The molecule has 0 saturated heterocycles. The molecular weight excluding hydrogens is 483 g/mol. The van der Waals surface area contributed by atoms with Gasteiger partial charge in [0.15, 0.2) is 0 Å². The Balaban J connectivity index is 1.55. The number of hydrogen-bond donors (Lipinski definition) is 2. The van der Waals surface area contributed by atoms with E-state index >= 15 is 0 Å². The highest BCUT2D eigenvalue weighted by molar-refractivity contribution is 14.1. The summed E-state index contributed by atoms with van der Waals surface area (Å²) < 4.78 is 1.12. The fourth-order valence-corrected chi connectivity index (χ4v) is 3.57. The van der Waals surface area contributed by atoms with Crippen molar-refractivity contribution in [3.8, 4) is 0 Å². The topological polar surface area (TPSA) is 58.2 Å². The molecular formula is C22H19IN2O2S. The van der Waals surface area contributed by atoms with Crippen molar-refractivity contribution in [3.05, 3.63) is 87.5 Å². The van der Waals surface area contributed by atoms with Crippen LogP contribution in [0.3, 0.4) is 0 Å². The molecule has 0 spiro atoms. The van der Waals surface area contributed by atoms with Crippen LogP contribution in [0.2, 0.25) is 0 Å². The molecule has 0 aliphatic carbocycles. The van der Waals surface area contributed by atoms with E-state index in [-0.39, 0.29) is 11.8 Å². The lowest BCUT2D eigenvalue weighted by atomic mass is 10.1. The second-order valence-corrected chi connectivity index (χ2v) is 8.49. The highest BCUT2D eigenvalue weighted by atomic mass is 127. The van der Waals surface area contributed by atoms with E-state index in [4.69, 9.17) is 0 Å². The molecule has 3 aromatic rings. The van der Waals surface area contributed by atoms with Crippen LogP contribution in [0.15, 0.2) is 77.7 Å². The van der Waals surface area contributed by atoms with E-state index in [1.807, 2.05) is 67.6 Å². The SMILES string of the molecule is Cc1ccc(C(=O)Nc2cccc(SCC(=O)Nc3ccc(I)cc3)c2)cc1. The number of thioether (sulfide) groups is 1. The van der Waals surface area contributed by atoms with Gasteiger partial charge in [-0.2, -0.15) is 0 Å². The van der Waals surface area contributed by atoms with Crippen LogP contribution in [0.1, 0.15) is 15.9 Å². The van der Waals surface area contributed by atoms with Crippen LogP contribution in [0.4, 0.5) is 11.4 Å². The van der Waals surface area contributed by atoms with Crippen molar-refractivity contribution in [2.24, 2.45) is 0 Å². The zero-order chi connectivity index (χ0) is 19.9. The maximum absolute atomic E-state index is 12.3. The number of rotatable bonds is 6. The Labute approximate surface area is 182 Å². The van der Waals surface area contributed by atoms with Gasteiger partial charge in [0.2, 0.25) is 5.91 Å². The van der Waals surface area contributed by atoms with E-state index in [1.54, 1.807) is 12.1 Å². The van der Waals surface area contributed by atoms with E-state index in [2.05, 4.69) is 33.2 Å². The monoisotopic (exact) mass is 502 g/mol. The minimum absolute atomic E-state index is 0.0692. The Bertz CT molecular complexity index is 973. The summed E-state index contributed by atoms with van der Waals surface area (Å²) in [5, 5.41) is 5.78. The molecule has 2 amide bonds. The van der Waals surface area contributed by atoms with E-state index in [0.717, 1.165) is 19.7 Å². The van der Waals surface area contributed by atoms with Crippen molar-refractivity contribution in [1.82, 2.24) is 0 Å². The summed E-state index contributed by atoms with van der Waals surface area (Å²) in [4.78, 5) is 25.4. The third kappa shape index (κ3) is 6.10. The van der Waals surface area contributed by atoms with Crippen LogP contribution in [0.5, 0.6) is 0 Å². The third-order valence-corrected chi connectivity index (χ3v) is 5.62. The molecule has 2 N–H and O–H groups in total. The van der Waals surface area contributed by atoms with Crippen LogP contribution in [0, 0.1) is 10.5 Å². The van der Waals surface area contributed by atoms with E-state index in [0.29, 0.717) is 17.0 Å². The van der Waals surface area contributed by atoms with Gasteiger partial charge in [-0.1, -0.05) is 23.8 Å². The van der Waals surface area contributed by atoms with Crippen LogP contribution in [-0.2, 0) is 4.79 Å². The van der Waals surface area contributed by atoms with Gasteiger partial charge in [0.25, 0.3) is 5.91 Å². The molecule has 4 nitrogen and oxygen atoms in total.